The zero-order valence-electron chi connectivity index (χ0n) is 12.2. The van der Waals surface area contributed by atoms with E-state index in [4.69, 9.17) is 15.2 Å². The molecule has 5 heteroatoms. The molecule has 0 bridgehead atoms. The van der Waals surface area contributed by atoms with Crippen molar-refractivity contribution in [2.75, 3.05) is 25.1 Å². The summed E-state index contributed by atoms with van der Waals surface area (Å²) in [5.41, 5.74) is 7.31. The Kier molecular flexibility index (Phi) is 7.87. The molecule has 0 unspecified atom stereocenters. The molecule has 112 valence electrons. The molecule has 0 fully saturated rings. The second kappa shape index (κ2) is 9.47. The van der Waals surface area contributed by atoms with Crippen molar-refractivity contribution in [3.05, 3.63) is 29.8 Å². The highest BCUT2D eigenvalue weighted by atomic mass is 16.5. The average Bonchev–Trinajstić information content (AvgIpc) is 2.43. The molecule has 0 atom stereocenters. The van der Waals surface area contributed by atoms with Crippen LogP contribution < -0.4 is 11.1 Å². The minimum absolute atomic E-state index is 0.0734. The van der Waals surface area contributed by atoms with E-state index in [1.807, 2.05) is 38.1 Å². The molecule has 20 heavy (non-hydrogen) atoms. The predicted octanol–water partition coefficient (Wildman–Crippen LogP) is 1.92. The Bertz CT molecular complexity index is 408. The highest BCUT2D eigenvalue weighted by Crippen LogP contribution is 2.14. The fourth-order valence-corrected chi connectivity index (χ4v) is 1.64. The highest BCUT2D eigenvalue weighted by molar-refractivity contribution is 5.91. The van der Waals surface area contributed by atoms with E-state index in [0.29, 0.717) is 32.8 Å². The fraction of sp³-hybridized carbons (Fsp3) is 0.533. The molecule has 3 N–H and O–H groups in total. The lowest BCUT2D eigenvalue weighted by Crippen LogP contribution is -2.17. The Morgan fingerprint density at radius 3 is 2.70 bits per heavy atom. The summed E-state index contributed by atoms with van der Waals surface area (Å²) in [5.74, 6) is -0.0734. The zero-order chi connectivity index (χ0) is 14.8. The third-order valence-corrected chi connectivity index (χ3v) is 2.66. The molecular weight excluding hydrogens is 256 g/mol. The summed E-state index contributed by atoms with van der Waals surface area (Å²) in [6, 6.07) is 7.51. The number of amides is 1. The summed E-state index contributed by atoms with van der Waals surface area (Å²) in [7, 11) is 0. The van der Waals surface area contributed by atoms with Crippen LogP contribution in [-0.2, 0) is 20.8 Å². The van der Waals surface area contributed by atoms with Crippen LogP contribution in [0.1, 0.15) is 25.8 Å². The van der Waals surface area contributed by atoms with Gasteiger partial charge >= 0.3 is 0 Å². The summed E-state index contributed by atoms with van der Waals surface area (Å²) in [6.07, 6.45) is 0.523. The lowest BCUT2D eigenvalue weighted by atomic mass is 10.2. The maximum absolute atomic E-state index is 11.8. The number of para-hydroxylation sites is 1. The number of nitrogens with two attached hydrogens (primary N) is 1. The van der Waals surface area contributed by atoms with Crippen molar-refractivity contribution in [2.45, 2.75) is 32.9 Å². The molecular formula is C15H24N2O3. The first-order chi connectivity index (χ1) is 9.63. The molecule has 1 rings (SSSR count). The third kappa shape index (κ3) is 6.65. The van der Waals surface area contributed by atoms with Gasteiger partial charge in [-0.3, -0.25) is 4.79 Å². The smallest absolute Gasteiger partial charge is 0.226 e. The first-order valence-corrected chi connectivity index (χ1v) is 6.90. The van der Waals surface area contributed by atoms with Crippen LogP contribution in [0.3, 0.4) is 0 Å². The topological polar surface area (TPSA) is 73.6 Å². The third-order valence-electron chi connectivity index (χ3n) is 2.66. The van der Waals surface area contributed by atoms with Gasteiger partial charge in [-0.2, -0.15) is 0 Å². The van der Waals surface area contributed by atoms with Crippen molar-refractivity contribution < 1.29 is 14.3 Å². The van der Waals surface area contributed by atoms with E-state index in [-0.39, 0.29) is 12.0 Å². The molecule has 0 aromatic heterocycles. The Balaban J connectivity index is 2.20. The monoisotopic (exact) mass is 280 g/mol. The largest absolute Gasteiger partial charge is 0.379 e. The molecule has 0 aliphatic rings. The van der Waals surface area contributed by atoms with Crippen molar-refractivity contribution in [3.8, 4) is 0 Å². The minimum Gasteiger partial charge on any atom is -0.379 e. The molecule has 1 amide bonds. The number of benzene rings is 1. The van der Waals surface area contributed by atoms with Gasteiger partial charge in [-0.05, 0) is 25.5 Å². The molecule has 0 spiro atoms. The van der Waals surface area contributed by atoms with Crippen molar-refractivity contribution >= 4 is 11.6 Å². The zero-order valence-corrected chi connectivity index (χ0v) is 12.2. The van der Waals surface area contributed by atoms with Crippen molar-refractivity contribution in [2.24, 2.45) is 5.73 Å². The molecule has 1 aromatic carbocycles. The van der Waals surface area contributed by atoms with Crippen molar-refractivity contribution in [3.63, 3.8) is 0 Å². The van der Waals surface area contributed by atoms with E-state index < -0.39 is 0 Å². The van der Waals surface area contributed by atoms with E-state index in [1.165, 1.54) is 0 Å². The maximum atomic E-state index is 11.8. The number of carbonyl (C=O) groups is 1. The molecule has 0 saturated heterocycles. The van der Waals surface area contributed by atoms with Crippen LogP contribution in [0.4, 0.5) is 5.69 Å². The lowest BCUT2D eigenvalue weighted by molar-refractivity contribution is -0.117. The van der Waals surface area contributed by atoms with E-state index in [0.717, 1.165) is 11.3 Å². The molecule has 0 saturated carbocycles. The van der Waals surface area contributed by atoms with Gasteiger partial charge in [0.05, 0.1) is 32.3 Å². The van der Waals surface area contributed by atoms with Crippen molar-refractivity contribution in [1.82, 2.24) is 0 Å². The van der Waals surface area contributed by atoms with Gasteiger partial charge < -0.3 is 20.5 Å². The number of hydrogen-bond donors (Lipinski definition) is 2. The van der Waals surface area contributed by atoms with Crippen LogP contribution in [0.25, 0.3) is 0 Å². The number of hydrogen-bond acceptors (Lipinski definition) is 4. The molecule has 0 heterocycles. The average molecular weight is 280 g/mol. The van der Waals surface area contributed by atoms with Gasteiger partial charge in [-0.1, -0.05) is 18.2 Å². The van der Waals surface area contributed by atoms with Gasteiger partial charge in [0, 0.05) is 12.2 Å². The van der Waals surface area contributed by atoms with E-state index in [2.05, 4.69) is 5.32 Å². The lowest BCUT2D eigenvalue weighted by Gasteiger charge is -2.10. The standard InChI is InChI=1S/C15H24N2O3/c1-12(2)20-10-9-19-8-7-15(18)17-14-6-4-3-5-13(14)11-16/h3-6,12H,7-11,16H2,1-2H3,(H,17,18). The summed E-state index contributed by atoms with van der Waals surface area (Å²) in [5, 5.41) is 2.84. The second-order valence-electron chi connectivity index (χ2n) is 4.69. The van der Waals surface area contributed by atoms with Gasteiger partial charge in [0.25, 0.3) is 0 Å². The van der Waals surface area contributed by atoms with Crippen LogP contribution in [-0.4, -0.2) is 31.8 Å². The Hall–Kier alpha value is -1.43. The number of carbonyl (C=O) groups excluding carboxylic acids is 1. The maximum Gasteiger partial charge on any atom is 0.226 e. The van der Waals surface area contributed by atoms with Crippen LogP contribution in [0.2, 0.25) is 0 Å². The van der Waals surface area contributed by atoms with Gasteiger partial charge in [-0.25, -0.2) is 0 Å². The first kappa shape index (κ1) is 16.6. The first-order valence-electron chi connectivity index (χ1n) is 6.90. The molecule has 0 radical (unpaired) electrons. The molecule has 0 aliphatic heterocycles. The van der Waals surface area contributed by atoms with Crippen molar-refractivity contribution in [1.29, 1.82) is 0 Å². The predicted molar refractivity (Wildman–Crippen MR) is 79.5 cm³/mol. The molecule has 0 aliphatic carbocycles. The quantitative estimate of drug-likeness (QED) is 0.678. The van der Waals surface area contributed by atoms with Crippen LogP contribution in [0.15, 0.2) is 24.3 Å². The minimum atomic E-state index is -0.0734. The summed E-state index contributed by atoms with van der Waals surface area (Å²) in [6.45, 7) is 5.79. The molecule has 1 aromatic rings. The second-order valence-corrected chi connectivity index (χ2v) is 4.69. The number of anilines is 1. The Morgan fingerprint density at radius 2 is 2.00 bits per heavy atom. The highest BCUT2D eigenvalue weighted by Gasteiger charge is 2.05. The van der Waals surface area contributed by atoms with Gasteiger partial charge in [0.1, 0.15) is 0 Å². The van der Waals surface area contributed by atoms with E-state index >= 15 is 0 Å². The normalized spacial score (nSPS) is 10.8. The number of ether oxygens (including phenoxy) is 2. The van der Waals surface area contributed by atoms with Gasteiger partial charge in [0.2, 0.25) is 5.91 Å². The van der Waals surface area contributed by atoms with Crippen LogP contribution in [0.5, 0.6) is 0 Å². The van der Waals surface area contributed by atoms with Gasteiger partial charge in [-0.15, -0.1) is 0 Å². The van der Waals surface area contributed by atoms with Crippen LogP contribution in [0, 0.1) is 0 Å². The van der Waals surface area contributed by atoms with Gasteiger partial charge in [0.15, 0.2) is 0 Å². The summed E-state index contributed by atoms with van der Waals surface area (Å²) >= 11 is 0. The SMILES string of the molecule is CC(C)OCCOCCC(=O)Nc1ccccc1CN. The summed E-state index contributed by atoms with van der Waals surface area (Å²) < 4.78 is 10.7. The number of rotatable bonds is 9. The summed E-state index contributed by atoms with van der Waals surface area (Å²) in [4.78, 5) is 11.8. The molecule has 5 nitrogen and oxygen atoms in total. The van der Waals surface area contributed by atoms with Crippen LogP contribution >= 0.6 is 0 Å². The fourth-order valence-electron chi connectivity index (χ4n) is 1.64. The number of nitrogens with one attached hydrogen (secondary N) is 1. The Morgan fingerprint density at radius 1 is 1.25 bits per heavy atom. The van der Waals surface area contributed by atoms with E-state index in [1.54, 1.807) is 0 Å². The van der Waals surface area contributed by atoms with E-state index in [9.17, 15) is 4.79 Å². The Labute approximate surface area is 120 Å².